The van der Waals surface area contributed by atoms with E-state index < -0.39 is 5.97 Å². The maximum atomic E-state index is 11.2. The highest BCUT2D eigenvalue weighted by atomic mass is 16.4. The third-order valence-corrected chi connectivity index (χ3v) is 2.93. The largest absolute Gasteiger partial charge is 0.478 e. The van der Waals surface area contributed by atoms with Crippen LogP contribution in [0.3, 0.4) is 0 Å². The van der Waals surface area contributed by atoms with E-state index in [1.165, 1.54) is 0 Å². The Bertz CT molecular complexity index is 725. The molecule has 0 bridgehead atoms. The fraction of sp³-hybridized carbons (Fsp3) is 0. The molecule has 0 radical (unpaired) electrons. The number of furan rings is 1. The van der Waals surface area contributed by atoms with Gasteiger partial charge in [-0.25, -0.2) is 4.79 Å². The highest BCUT2D eigenvalue weighted by molar-refractivity contribution is 6.02. The van der Waals surface area contributed by atoms with Gasteiger partial charge in [-0.3, -0.25) is 0 Å². The van der Waals surface area contributed by atoms with Crippen molar-refractivity contribution < 1.29 is 14.3 Å². The summed E-state index contributed by atoms with van der Waals surface area (Å²) in [6.07, 6.45) is 1.60. The van der Waals surface area contributed by atoms with Gasteiger partial charge >= 0.3 is 5.97 Å². The van der Waals surface area contributed by atoms with E-state index in [9.17, 15) is 9.90 Å². The summed E-state index contributed by atoms with van der Waals surface area (Å²) in [5, 5.41) is 10.1. The second kappa shape index (κ2) is 4.04. The maximum absolute atomic E-state index is 11.2. The number of rotatable bonds is 2. The number of aromatic carboxylic acids is 1. The summed E-state index contributed by atoms with van der Waals surface area (Å²) in [5.41, 5.74) is 2.52. The second-order valence-corrected chi connectivity index (χ2v) is 4.00. The normalized spacial score (nSPS) is 10.7. The molecule has 3 aromatic rings. The topological polar surface area (TPSA) is 50.4 Å². The number of para-hydroxylation sites is 1. The van der Waals surface area contributed by atoms with Crippen molar-refractivity contribution in [2.45, 2.75) is 0 Å². The Labute approximate surface area is 103 Å². The van der Waals surface area contributed by atoms with Gasteiger partial charge in [-0.05, 0) is 17.7 Å². The lowest BCUT2D eigenvalue weighted by molar-refractivity contribution is 0.0698. The first-order chi connectivity index (χ1) is 8.77. The molecule has 3 heteroatoms. The predicted molar refractivity (Wildman–Crippen MR) is 68.6 cm³/mol. The maximum Gasteiger partial charge on any atom is 0.336 e. The van der Waals surface area contributed by atoms with Gasteiger partial charge in [0.25, 0.3) is 0 Å². The number of hydrogen-bond acceptors (Lipinski definition) is 2. The second-order valence-electron chi connectivity index (χ2n) is 4.00. The zero-order valence-electron chi connectivity index (χ0n) is 9.46. The SMILES string of the molecule is O=C(O)c1ccccc1-c1coc2ccccc12. The van der Waals surface area contributed by atoms with Crippen LogP contribution in [0.2, 0.25) is 0 Å². The van der Waals surface area contributed by atoms with Gasteiger partial charge in [0.1, 0.15) is 5.58 Å². The zero-order chi connectivity index (χ0) is 12.5. The number of benzene rings is 2. The highest BCUT2D eigenvalue weighted by Crippen LogP contribution is 2.32. The summed E-state index contributed by atoms with van der Waals surface area (Å²) >= 11 is 0. The van der Waals surface area contributed by atoms with Gasteiger partial charge < -0.3 is 9.52 Å². The van der Waals surface area contributed by atoms with E-state index in [4.69, 9.17) is 4.42 Å². The molecule has 0 aliphatic carbocycles. The van der Waals surface area contributed by atoms with Crippen molar-refractivity contribution in [1.29, 1.82) is 0 Å². The first-order valence-corrected chi connectivity index (χ1v) is 5.56. The monoisotopic (exact) mass is 238 g/mol. The van der Waals surface area contributed by atoms with E-state index in [2.05, 4.69) is 0 Å². The summed E-state index contributed by atoms with van der Waals surface area (Å²) in [6.45, 7) is 0. The van der Waals surface area contributed by atoms with Gasteiger partial charge in [-0.15, -0.1) is 0 Å². The highest BCUT2D eigenvalue weighted by Gasteiger charge is 2.14. The summed E-state index contributed by atoms with van der Waals surface area (Å²) in [6, 6.07) is 14.5. The first kappa shape index (κ1) is 10.6. The van der Waals surface area contributed by atoms with Crippen LogP contribution in [0.4, 0.5) is 0 Å². The smallest absolute Gasteiger partial charge is 0.336 e. The number of fused-ring (bicyclic) bond motifs is 1. The van der Waals surface area contributed by atoms with Gasteiger partial charge in [-0.2, -0.15) is 0 Å². The van der Waals surface area contributed by atoms with Crippen LogP contribution in [0, 0.1) is 0 Å². The van der Waals surface area contributed by atoms with Crippen LogP contribution in [-0.2, 0) is 0 Å². The minimum atomic E-state index is -0.934. The van der Waals surface area contributed by atoms with Gasteiger partial charge in [0.15, 0.2) is 0 Å². The van der Waals surface area contributed by atoms with Crippen LogP contribution in [0.15, 0.2) is 59.2 Å². The third-order valence-electron chi connectivity index (χ3n) is 2.93. The fourth-order valence-electron chi connectivity index (χ4n) is 2.09. The van der Waals surface area contributed by atoms with Crippen molar-refractivity contribution in [3.05, 3.63) is 60.4 Å². The van der Waals surface area contributed by atoms with E-state index >= 15 is 0 Å². The Morgan fingerprint density at radius 3 is 2.50 bits per heavy atom. The van der Waals surface area contributed by atoms with Gasteiger partial charge in [-0.1, -0.05) is 36.4 Å². The van der Waals surface area contributed by atoms with Crippen molar-refractivity contribution in [2.75, 3.05) is 0 Å². The Balaban J connectivity index is 2.30. The summed E-state index contributed by atoms with van der Waals surface area (Å²) in [5.74, 6) is -0.934. The molecule has 3 nitrogen and oxygen atoms in total. The molecule has 0 unspecified atom stereocenters. The molecule has 0 saturated carbocycles. The summed E-state index contributed by atoms with van der Waals surface area (Å²) in [7, 11) is 0. The summed E-state index contributed by atoms with van der Waals surface area (Å²) < 4.78 is 5.45. The predicted octanol–water partition coefficient (Wildman–Crippen LogP) is 3.80. The first-order valence-electron chi connectivity index (χ1n) is 5.56. The van der Waals surface area contributed by atoms with Gasteiger partial charge in [0.05, 0.1) is 11.8 Å². The van der Waals surface area contributed by atoms with Crippen LogP contribution < -0.4 is 0 Å². The van der Waals surface area contributed by atoms with E-state index in [1.54, 1.807) is 24.5 Å². The van der Waals surface area contributed by atoms with Crippen molar-refractivity contribution >= 4 is 16.9 Å². The Hall–Kier alpha value is -2.55. The van der Waals surface area contributed by atoms with Crippen molar-refractivity contribution in [3.63, 3.8) is 0 Å². The molecule has 0 atom stereocenters. The molecule has 0 fully saturated rings. The average molecular weight is 238 g/mol. The molecule has 0 spiro atoms. The molecular weight excluding hydrogens is 228 g/mol. The number of carboxylic acid groups (broad SMARTS) is 1. The van der Waals surface area contributed by atoms with Crippen molar-refractivity contribution in [2.24, 2.45) is 0 Å². The zero-order valence-corrected chi connectivity index (χ0v) is 9.46. The molecule has 88 valence electrons. The molecule has 0 amide bonds. The average Bonchev–Trinajstić information content (AvgIpc) is 2.82. The Kier molecular flexibility index (Phi) is 2.38. The van der Waals surface area contributed by atoms with Crippen molar-refractivity contribution in [1.82, 2.24) is 0 Å². The summed E-state index contributed by atoms with van der Waals surface area (Å²) in [4.78, 5) is 11.2. The van der Waals surface area contributed by atoms with Gasteiger partial charge in [0.2, 0.25) is 0 Å². The Morgan fingerprint density at radius 2 is 1.67 bits per heavy atom. The lowest BCUT2D eigenvalue weighted by Crippen LogP contribution is -1.98. The number of hydrogen-bond donors (Lipinski definition) is 1. The quantitative estimate of drug-likeness (QED) is 0.738. The van der Waals surface area contributed by atoms with Gasteiger partial charge in [0, 0.05) is 10.9 Å². The van der Waals surface area contributed by atoms with Crippen LogP contribution in [0.25, 0.3) is 22.1 Å². The molecular formula is C15H10O3. The molecule has 0 aliphatic rings. The van der Waals surface area contributed by atoms with Crippen LogP contribution in [0.1, 0.15) is 10.4 Å². The van der Waals surface area contributed by atoms with E-state index in [0.717, 1.165) is 16.5 Å². The lowest BCUT2D eigenvalue weighted by Gasteiger charge is -2.03. The molecule has 1 N–H and O–H groups in total. The lowest BCUT2D eigenvalue weighted by atomic mass is 9.99. The Morgan fingerprint density at radius 1 is 0.944 bits per heavy atom. The van der Waals surface area contributed by atoms with E-state index in [-0.39, 0.29) is 5.56 Å². The standard InChI is InChI=1S/C15H10O3/c16-15(17)12-7-2-1-5-10(12)13-9-18-14-8-4-3-6-11(13)14/h1-9H,(H,16,17). The molecule has 2 aromatic carbocycles. The molecule has 0 aliphatic heterocycles. The van der Waals surface area contributed by atoms with E-state index in [0.29, 0.717) is 5.56 Å². The van der Waals surface area contributed by atoms with Crippen molar-refractivity contribution in [3.8, 4) is 11.1 Å². The minimum absolute atomic E-state index is 0.282. The van der Waals surface area contributed by atoms with Crippen LogP contribution >= 0.6 is 0 Å². The fourth-order valence-corrected chi connectivity index (χ4v) is 2.09. The number of carbonyl (C=O) groups is 1. The van der Waals surface area contributed by atoms with Crippen LogP contribution in [-0.4, -0.2) is 11.1 Å². The van der Waals surface area contributed by atoms with E-state index in [1.807, 2.05) is 30.3 Å². The minimum Gasteiger partial charge on any atom is -0.478 e. The molecule has 1 aromatic heterocycles. The molecule has 1 heterocycles. The molecule has 18 heavy (non-hydrogen) atoms. The molecule has 0 saturated heterocycles. The number of carboxylic acids is 1. The van der Waals surface area contributed by atoms with Crippen LogP contribution in [0.5, 0.6) is 0 Å². The molecule has 3 rings (SSSR count). The third kappa shape index (κ3) is 1.57.